The molecule has 0 fully saturated rings. The number of carbonyl (C=O) groups excluding carboxylic acids is 1. The van der Waals surface area contributed by atoms with Gasteiger partial charge in [-0.05, 0) is 47.7 Å². The molecule has 1 heterocycles. The molecule has 39 heavy (non-hydrogen) atoms. The van der Waals surface area contributed by atoms with E-state index in [0.717, 1.165) is 47.2 Å². The van der Waals surface area contributed by atoms with Gasteiger partial charge in [-0.2, -0.15) is 0 Å². The molecule has 0 saturated carbocycles. The minimum Gasteiger partial charge on any atom is -0.384 e. The highest BCUT2D eigenvalue weighted by atomic mass is 16.1. The van der Waals surface area contributed by atoms with Crippen LogP contribution >= 0.6 is 0 Å². The zero-order valence-corrected chi connectivity index (χ0v) is 22.1. The molecule has 0 aliphatic heterocycles. The second kappa shape index (κ2) is 11.8. The SMILES string of the molecule is Cn1c(CCc2ccc(C(=N)N)cc2)nc2cc(C(=O)NCCC(c3ccccc3)c3ccccc3)ccc21. The second-order valence-electron chi connectivity index (χ2n) is 9.82. The van der Waals surface area contributed by atoms with Gasteiger partial charge in [-0.3, -0.25) is 10.2 Å². The summed E-state index contributed by atoms with van der Waals surface area (Å²) in [5.74, 6) is 1.16. The fourth-order valence-corrected chi connectivity index (χ4v) is 5.05. The summed E-state index contributed by atoms with van der Waals surface area (Å²) in [6, 6.07) is 34.3. The van der Waals surface area contributed by atoms with Gasteiger partial charge in [0.05, 0.1) is 11.0 Å². The summed E-state index contributed by atoms with van der Waals surface area (Å²) in [7, 11) is 2.01. The number of aryl methyl sites for hydroxylation is 3. The van der Waals surface area contributed by atoms with Crippen molar-refractivity contribution in [3.63, 3.8) is 0 Å². The Morgan fingerprint density at radius 3 is 2.10 bits per heavy atom. The first-order valence-electron chi connectivity index (χ1n) is 13.3. The number of amidine groups is 1. The number of hydrogen-bond donors (Lipinski definition) is 3. The molecule has 0 spiro atoms. The van der Waals surface area contributed by atoms with Crippen molar-refractivity contribution in [3.05, 3.63) is 137 Å². The van der Waals surface area contributed by atoms with Crippen LogP contribution in [0.4, 0.5) is 0 Å². The molecule has 0 radical (unpaired) electrons. The molecular formula is C33H33N5O. The van der Waals surface area contributed by atoms with Crippen molar-refractivity contribution in [3.8, 4) is 0 Å². The van der Waals surface area contributed by atoms with E-state index < -0.39 is 0 Å². The Morgan fingerprint density at radius 1 is 0.872 bits per heavy atom. The predicted octanol–water partition coefficient (Wildman–Crippen LogP) is 5.59. The Morgan fingerprint density at radius 2 is 1.49 bits per heavy atom. The number of nitrogens with zero attached hydrogens (tertiary/aromatic N) is 2. The van der Waals surface area contributed by atoms with Crippen LogP contribution in [0.1, 0.15) is 50.8 Å². The first kappa shape index (κ1) is 25.9. The van der Waals surface area contributed by atoms with E-state index >= 15 is 0 Å². The van der Waals surface area contributed by atoms with Gasteiger partial charge in [-0.1, -0.05) is 84.9 Å². The molecule has 1 amide bonds. The van der Waals surface area contributed by atoms with Gasteiger partial charge < -0.3 is 15.6 Å². The molecule has 1 aromatic heterocycles. The lowest BCUT2D eigenvalue weighted by molar-refractivity contribution is 0.0953. The molecule has 4 aromatic carbocycles. The maximum atomic E-state index is 13.1. The number of benzene rings is 4. The van der Waals surface area contributed by atoms with Gasteiger partial charge in [-0.25, -0.2) is 4.98 Å². The molecule has 5 rings (SSSR count). The quantitative estimate of drug-likeness (QED) is 0.167. The molecule has 4 N–H and O–H groups in total. The first-order chi connectivity index (χ1) is 19.0. The van der Waals surface area contributed by atoms with Crippen molar-refractivity contribution in [2.45, 2.75) is 25.2 Å². The van der Waals surface area contributed by atoms with Crippen LogP contribution in [0, 0.1) is 5.41 Å². The van der Waals surface area contributed by atoms with Gasteiger partial charge in [0.1, 0.15) is 11.7 Å². The molecule has 0 unspecified atom stereocenters. The van der Waals surface area contributed by atoms with Crippen molar-refractivity contribution >= 4 is 22.8 Å². The molecular weight excluding hydrogens is 482 g/mol. The summed E-state index contributed by atoms with van der Waals surface area (Å²) in [6.45, 7) is 0.571. The van der Waals surface area contributed by atoms with Crippen LogP contribution in [-0.4, -0.2) is 27.8 Å². The normalized spacial score (nSPS) is 11.1. The number of rotatable bonds is 10. The van der Waals surface area contributed by atoms with Gasteiger partial charge in [-0.15, -0.1) is 0 Å². The maximum absolute atomic E-state index is 13.1. The summed E-state index contributed by atoms with van der Waals surface area (Å²) in [5, 5.41) is 10.7. The number of imidazole rings is 1. The van der Waals surface area contributed by atoms with E-state index in [1.165, 1.54) is 11.1 Å². The highest BCUT2D eigenvalue weighted by Gasteiger charge is 2.16. The lowest BCUT2D eigenvalue weighted by atomic mass is 9.88. The average molecular weight is 516 g/mol. The van der Waals surface area contributed by atoms with Gasteiger partial charge in [0.15, 0.2) is 0 Å². The van der Waals surface area contributed by atoms with E-state index in [9.17, 15) is 4.79 Å². The zero-order valence-electron chi connectivity index (χ0n) is 22.1. The Balaban J connectivity index is 1.24. The molecule has 6 heteroatoms. The van der Waals surface area contributed by atoms with E-state index in [-0.39, 0.29) is 17.7 Å². The van der Waals surface area contributed by atoms with Crippen molar-refractivity contribution in [2.24, 2.45) is 12.8 Å². The van der Waals surface area contributed by atoms with E-state index in [2.05, 4.69) is 58.4 Å². The Hall–Kier alpha value is -4.71. The second-order valence-corrected chi connectivity index (χ2v) is 9.82. The molecule has 196 valence electrons. The molecule has 0 bridgehead atoms. The number of aromatic nitrogens is 2. The number of nitrogens with one attached hydrogen (secondary N) is 2. The summed E-state index contributed by atoms with van der Waals surface area (Å²) < 4.78 is 2.09. The minimum absolute atomic E-state index is 0.0731. The van der Waals surface area contributed by atoms with Crippen LogP contribution in [0.15, 0.2) is 103 Å². The fraction of sp³-hybridized carbons (Fsp3) is 0.182. The van der Waals surface area contributed by atoms with E-state index in [1.54, 1.807) is 0 Å². The maximum Gasteiger partial charge on any atom is 0.251 e. The van der Waals surface area contributed by atoms with E-state index in [1.807, 2.05) is 61.6 Å². The average Bonchev–Trinajstić information content (AvgIpc) is 3.29. The van der Waals surface area contributed by atoms with Gasteiger partial charge in [0, 0.05) is 37.1 Å². The van der Waals surface area contributed by atoms with Crippen LogP contribution in [-0.2, 0) is 19.9 Å². The van der Waals surface area contributed by atoms with Crippen LogP contribution in [0.3, 0.4) is 0 Å². The number of amides is 1. The molecule has 0 saturated heterocycles. The van der Waals surface area contributed by atoms with Crippen LogP contribution in [0.5, 0.6) is 0 Å². The third kappa shape index (κ3) is 6.07. The minimum atomic E-state index is -0.0884. The lowest BCUT2D eigenvalue weighted by Crippen LogP contribution is -2.25. The lowest BCUT2D eigenvalue weighted by Gasteiger charge is -2.18. The van der Waals surface area contributed by atoms with Gasteiger partial charge in [0.25, 0.3) is 5.91 Å². The summed E-state index contributed by atoms with van der Waals surface area (Å²) in [4.78, 5) is 17.9. The predicted molar refractivity (Wildman–Crippen MR) is 157 cm³/mol. The van der Waals surface area contributed by atoms with Crippen LogP contribution < -0.4 is 11.1 Å². The molecule has 0 atom stereocenters. The standard InChI is InChI=1S/C33H33N5O/c1-38-30-18-17-27(22-29(30)37-31(38)19-14-23-12-15-26(16-13-23)32(34)35)33(39)36-21-20-28(24-8-4-2-5-9-24)25-10-6-3-7-11-25/h2-13,15-18,22,28H,14,19-21H2,1H3,(H3,34,35)(H,36,39). The smallest absolute Gasteiger partial charge is 0.251 e. The number of nitrogens with two attached hydrogens (primary N) is 1. The highest BCUT2D eigenvalue weighted by Crippen LogP contribution is 2.27. The summed E-state index contributed by atoms with van der Waals surface area (Å²) >= 11 is 0. The Bertz CT molecular complexity index is 1530. The van der Waals surface area contributed by atoms with Crippen molar-refractivity contribution in [1.29, 1.82) is 5.41 Å². The largest absolute Gasteiger partial charge is 0.384 e. The number of hydrogen-bond acceptors (Lipinski definition) is 3. The van der Waals surface area contributed by atoms with Crippen molar-refractivity contribution < 1.29 is 4.79 Å². The molecule has 0 aliphatic rings. The zero-order chi connectivity index (χ0) is 27.2. The Labute approximate surface area is 229 Å². The molecule has 5 aromatic rings. The van der Waals surface area contributed by atoms with Gasteiger partial charge >= 0.3 is 0 Å². The van der Waals surface area contributed by atoms with E-state index in [4.69, 9.17) is 16.1 Å². The monoisotopic (exact) mass is 515 g/mol. The van der Waals surface area contributed by atoms with Gasteiger partial charge in [0.2, 0.25) is 0 Å². The summed E-state index contributed by atoms with van der Waals surface area (Å²) in [5.41, 5.74) is 12.4. The molecule has 6 nitrogen and oxygen atoms in total. The topological polar surface area (TPSA) is 96.8 Å². The van der Waals surface area contributed by atoms with Crippen molar-refractivity contribution in [1.82, 2.24) is 14.9 Å². The number of carbonyl (C=O) groups is 1. The van der Waals surface area contributed by atoms with E-state index in [0.29, 0.717) is 12.1 Å². The number of fused-ring (bicyclic) bond motifs is 1. The summed E-state index contributed by atoms with van der Waals surface area (Å²) in [6.07, 6.45) is 2.41. The molecule has 0 aliphatic carbocycles. The highest BCUT2D eigenvalue weighted by molar-refractivity contribution is 5.97. The first-order valence-corrected chi connectivity index (χ1v) is 13.3. The Kier molecular flexibility index (Phi) is 7.83. The third-order valence-corrected chi connectivity index (χ3v) is 7.26. The fourth-order valence-electron chi connectivity index (χ4n) is 5.05. The van der Waals surface area contributed by atoms with Crippen molar-refractivity contribution in [2.75, 3.05) is 6.54 Å². The number of nitrogen functional groups attached to an aromatic ring is 1. The van der Waals surface area contributed by atoms with Crippen LogP contribution in [0.2, 0.25) is 0 Å². The van der Waals surface area contributed by atoms with Crippen LogP contribution in [0.25, 0.3) is 11.0 Å². The third-order valence-electron chi connectivity index (χ3n) is 7.26.